The molecule has 2 N–H and O–H groups in total. The molecule has 1 amide bonds. The summed E-state index contributed by atoms with van der Waals surface area (Å²) < 4.78 is 27.8. The summed E-state index contributed by atoms with van der Waals surface area (Å²) in [5.41, 5.74) is 6.53. The zero-order chi connectivity index (χ0) is 18.8. The Morgan fingerprint density at radius 2 is 1.76 bits per heavy atom. The highest BCUT2D eigenvalue weighted by molar-refractivity contribution is 7.93. The van der Waals surface area contributed by atoms with Crippen molar-refractivity contribution in [3.05, 3.63) is 57.6 Å². The summed E-state index contributed by atoms with van der Waals surface area (Å²) >= 11 is 12.5. The molecule has 0 aromatic heterocycles. The molecule has 0 bridgehead atoms. The maximum Gasteiger partial charge on any atom is 0.266 e. The number of anilines is 1. The van der Waals surface area contributed by atoms with Crippen molar-refractivity contribution in [1.82, 2.24) is 0 Å². The van der Waals surface area contributed by atoms with Crippen molar-refractivity contribution in [2.24, 2.45) is 5.73 Å². The Kier molecular flexibility index (Phi) is 5.98. The third-order valence-corrected chi connectivity index (χ3v) is 6.73. The standard InChI is InChI=1S/C17H18Cl2N2O3S/c1-11-10-14(18)12(2)17(16(11)19)25(23,24)21(9-8-15(20)22)13-6-4-3-5-7-13/h3-7,10H,8-9H2,1-2H3,(H2,20,22). The lowest BCUT2D eigenvalue weighted by molar-refractivity contribution is -0.117. The number of halogens is 2. The van der Waals surface area contributed by atoms with Gasteiger partial charge in [0.05, 0.1) is 10.7 Å². The molecule has 0 heterocycles. The van der Waals surface area contributed by atoms with Crippen LogP contribution < -0.4 is 10.0 Å². The number of sulfonamides is 1. The molecule has 0 aliphatic carbocycles. The maximum atomic E-state index is 13.3. The zero-order valence-electron chi connectivity index (χ0n) is 13.8. The Labute approximate surface area is 157 Å². The number of amides is 1. The second-order valence-electron chi connectivity index (χ2n) is 5.57. The molecule has 0 fully saturated rings. The molecule has 0 radical (unpaired) electrons. The lowest BCUT2D eigenvalue weighted by Crippen LogP contribution is -2.34. The van der Waals surface area contributed by atoms with Gasteiger partial charge in [-0.05, 0) is 43.2 Å². The summed E-state index contributed by atoms with van der Waals surface area (Å²) in [5, 5.41) is 0.422. The summed E-state index contributed by atoms with van der Waals surface area (Å²) in [4.78, 5) is 11.1. The molecule has 2 aromatic carbocycles. The molecule has 8 heteroatoms. The molecular weight excluding hydrogens is 383 g/mol. The van der Waals surface area contributed by atoms with Gasteiger partial charge in [0, 0.05) is 18.0 Å². The van der Waals surface area contributed by atoms with Gasteiger partial charge in [-0.3, -0.25) is 9.10 Å². The van der Waals surface area contributed by atoms with Gasteiger partial charge < -0.3 is 5.73 Å². The van der Waals surface area contributed by atoms with Crippen LogP contribution in [-0.2, 0) is 14.8 Å². The van der Waals surface area contributed by atoms with Crippen molar-refractivity contribution in [3.63, 3.8) is 0 Å². The number of rotatable bonds is 6. The number of carbonyl (C=O) groups is 1. The third-order valence-electron chi connectivity index (χ3n) is 3.74. The Morgan fingerprint density at radius 1 is 1.16 bits per heavy atom. The van der Waals surface area contributed by atoms with E-state index in [-0.39, 0.29) is 22.9 Å². The maximum absolute atomic E-state index is 13.3. The van der Waals surface area contributed by atoms with Gasteiger partial charge in [0.15, 0.2) is 0 Å². The summed E-state index contributed by atoms with van der Waals surface area (Å²) in [6, 6.07) is 10.1. The van der Waals surface area contributed by atoms with Crippen molar-refractivity contribution in [2.45, 2.75) is 25.2 Å². The van der Waals surface area contributed by atoms with Crippen LogP contribution in [0.15, 0.2) is 41.3 Å². The van der Waals surface area contributed by atoms with E-state index in [0.29, 0.717) is 21.8 Å². The van der Waals surface area contributed by atoms with Gasteiger partial charge in [-0.2, -0.15) is 0 Å². The van der Waals surface area contributed by atoms with Crippen molar-refractivity contribution in [3.8, 4) is 0 Å². The molecule has 0 spiro atoms. The van der Waals surface area contributed by atoms with Crippen LogP contribution in [0.1, 0.15) is 17.5 Å². The second kappa shape index (κ2) is 7.64. The molecule has 0 saturated heterocycles. The summed E-state index contributed by atoms with van der Waals surface area (Å²) in [6.45, 7) is 3.18. The number of nitrogens with two attached hydrogens (primary N) is 1. The highest BCUT2D eigenvalue weighted by Gasteiger charge is 2.30. The van der Waals surface area contributed by atoms with Crippen molar-refractivity contribution < 1.29 is 13.2 Å². The topological polar surface area (TPSA) is 80.5 Å². The minimum Gasteiger partial charge on any atom is -0.370 e. The second-order valence-corrected chi connectivity index (χ2v) is 8.16. The van der Waals surface area contributed by atoms with Gasteiger partial charge in [-0.15, -0.1) is 0 Å². The molecule has 5 nitrogen and oxygen atoms in total. The number of para-hydroxylation sites is 1. The molecule has 0 aliphatic rings. The lowest BCUT2D eigenvalue weighted by atomic mass is 10.2. The van der Waals surface area contributed by atoms with E-state index < -0.39 is 15.9 Å². The largest absolute Gasteiger partial charge is 0.370 e. The van der Waals surface area contributed by atoms with Crippen LogP contribution in [0.5, 0.6) is 0 Å². The molecule has 0 unspecified atom stereocenters. The Morgan fingerprint density at radius 3 is 2.32 bits per heavy atom. The number of hydrogen-bond acceptors (Lipinski definition) is 3. The predicted octanol–water partition coefficient (Wildman–Crippen LogP) is 3.68. The third kappa shape index (κ3) is 4.08. The van der Waals surface area contributed by atoms with Gasteiger partial charge >= 0.3 is 0 Å². The number of primary amides is 1. The number of aryl methyl sites for hydroxylation is 1. The van der Waals surface area contributed by atoms with Crippen LogP contribution in [0.2, 0.25) is 10.0 Å². The molecule has 0 aliphatic heterocycles. The normalized spacial score (nSPS) is 11.4. The quantitative estimate of drug-likeness (QED) is 0.802. The summed E-state index contributed by atoms with van der Waals surface area (Å²) in [6.07, 6.45) is -0.121. The molecule has 0 saturated carbocycles. The molecule has 25 heavy (non-hydrogen) atoms. The number of carbonyl (C=O) groups excluding carboxylic acids is 1. The fourth-order valence-corrected chi connectivity index (χ4v) is 5.06. The number of nitrogens with zero attached hydrogens (tertiary/aromatic N) is 1. The van der Waals surface area contributed by atoms with Crippen molar-refractivity contribution in [2.75, 3.05) is 10.8 Å². The molecule has 134 valence electrons. The highest BCUT2D eigenvalue weighted by Crippen LogP contribution is 2.36. The zero-order valence-corrected chi connectivity index (χ0v) is 16.1. The molecule has 0 atom stereocenters. The van der Waals surface area contributed by atoms with Crippen molar-refractivity contribution in [1.29, 1.82) is 0 Å². The van der Waals surface area contributed by atoms with Gasteiger partial charge in [0.25, 0.3) is 10.0 Å². The first kappa shape index (κ1) is 19.6. The monoisotopic (exact) mass is 400 g/mol. The first-order valence-corrected chi connectivity index (χ1v) is 9.67. The first-order valence-electron chi connectivity index (χ1n) is 7.47. The minimum atomic E-state index is -4.05. The Balaban J connectivity index is 2.66. The van der Waals surface area contributed by atoms with E-state index in [4.69, 9.17) is 28.9 Å². The lowest BCUT2D eigenvalue weighted by Gasteiger charge is -2.26. The van der Waals surface area contributed by atoms with Crippen LogP contribution in [0.4, 0.5) is 5.69 Å². The predicted molar refractivity (Wildman–Crippen MR) is 101 cm³/mol. The van der Waals surface area contributed by atoms with Crippen LogP contribution in [0.3, 0.4) is 0 Å². The number of hydrogen-bond donors (Lipinski definition) is 1. The van der Waals surface area contributed by atoms with E-state index in [0.717, 1.165) is 4.31 Å². The molecule has 2 aromatic rings. The average Bonchev–Trinajstić information content (AvgIpc) is 2.53. The molecular formula is C17H18Cl2N2O3S. The minimum absolute atomic E-state index is 0.0625. The number of benzene rings is 2. The molecule has 2 rings (SSSR count). The average molecular weight is 401 g/mol. The fourth-order valence-electron chi connectivity index (χ4n) is 2.42. The van der Waals surface area contributed by atoms with Crippen LogP contribution in [0, 0.1) is 13.8 Å². The smallest absolute Gasteiger partial charge is 0.266 e. The first-order chi connectivity index (χ1) is 11.7. The van der Waals surface area contributed by atoms with Crippen molar-refractivity contribution >= 4 is 44.8 Å². The SMILES string of the molecule is Cc1cc(Cl)c(C)c(S(=O)(=O)N(CCC(N)=O)c2ccccc2)c1Cl. The van der Waals surface area contributed by atoms with E-state index in [1.807, 2.05) is 0 Å². The van der Waals surface area contributed by atoms with Gasteiger partial charge in [-0.1, -0.05) is 41.4 Å². The fraction of sp³-hybridized carbons (Fsp3) is 0.235. The summed E-state index contributed by atoms with van der Waals surface area (Å²) in [5.74, 6) is -0.596. The van der Waals surface area contributed by atoms with Gasteiger partial charge in [0.2, 0.25) is 5.91 Å². The van der Waals surface area contributed by atoms with E-state index >= 15 is 0 Å². The van der Waals surface area contributed by atoms with E-state index in [9.17, 15) is 13.2 Å². The highest BCUT2D eigenvalue weighted by atomic mass is 35.5. The Hall–Kier alpha value is -1.76. The summed E-state index contributed by atoms with van der Waals surface area (Å²) in [7, 11) is -4.05. The van der Waals surface area contributed by atoms with E-state index in [1.165, 1.54) is 0 Å². The van der Waals surface area contributed by atoms with E-state index in [1.54, 1.807) is 50.2 Å². The van der Waals surface area contributed by atoms with Crippen LogP contribution >= 0.6 is 23.2 Å². The van der Waals surface area contributed by atoms with E-state index in [2.05, 4.69) is 0 Å². The van der Waals surface area contributed by atoms with Crippen LogP contribution in [0.25, 0.3) is 0 Å². The van der Waals surface area contributed by atoms with Gasteiger partial charge in [0.1, 0.15) is 4.90 Å². The van der Waals surface area contributed by atoms with Crippen LogP contribution in [-0.4, -0.2) is 20.9 Å². The Bertz CT molecular complexity index is 874. The van der Waals surface area contributed by atoms with Gasteiger partial charge in [-0.25, -0.2) is 8.42 Å².